The molecule has 1 aromatic heterocycles. The van der Waals surface area contributed by atoms with Crippen molar-refractivity contribution in [3.8, 4) is 22.6 Å². The highest BCUT2D eigenvalue weighted by Crippen LogP contribution is 2.29. The molecule has 0 amide bonds. The maximum absolute atomic E-state index is 13.9. The number of benzene rings is 2. The zero-order valence-electron chi connectivity index (χ0n) is 17.7. The number of halogens is 2. The molecule has 3 aromatic rings. The molecule has 0 unspecified atom stereocenters. The topological polar surface area (TPSA) is 98.5 Å². The first-order valence-corrected chi connectivity index (χ1v) is 11.9. The van der Waals surface area contributed by atoms with Gasteiger partial charge >= 0.3 is 5.56 Å². The van der Waals surface area contributed by atoms with Crippen molar-refractivity contribution in [3.63, 3.8) is 0 Å². The third-order valence-corrected chi connectivity index (χ3v) is 6.40. The van der Waals surface area contributed by atoms with E-state index in [1.54, 1.807) is 13.8 Å². The fourth-order valence-electron chi connectivity index (χ4n) is 2.80. The van der Waals surface area contributed by atoms with E-state index in [1.165, 1.54) is 42.6 Å². The second-order valence-electron chi connectivity index (χ2n) is 7.64. The normalized spacial score (nSPS) is 13.6. The largest absolute Gasteiger partial charge is 0.484 e. The van der Waals surface area contributed by atoms with E-state index in [2.05, 4.69) is 5.10 Å². The van der Waals surface area contributed by atoms with Crippen molar-refractivity contribution in [3.05, 3.63) is 69.9 Å². The molecule has 1 heterocycles. The van der Waals surface area contributed by atoms with Gasteiger partial charge < -0.3 is 9.84 Å². The Labute approximate surface area is 190 Å². The van der Waals surface area contributed by atoms with Crippen molar-refractivity contribution in [2.24, 2.45) is 0 Å². The molecule has 0 aliphatic rings. The summed E-state index contributed by atoms with van der Waals surface area (Å²) in [5, 5.41) is 14.4. The Morgan fingerprint density at radius 1 is 1.22 bits per heavy atom. The summed E-state index contributed by atoms with van der Waals surface area (Å²) in [5.41, 5.74) is -0.939. The van der Waals surface area contributed by atoms with Crippen LogP contribution in [0.2, 0.25) is 5.02 Å². The second-order valence-corrected chi connectivity index (χ2v) is 10.1. The number of rotatable bonds is 7. The molecular formula is C22H22ClFN2O5S. The zero-order valence-corrected chi connectivity index (χ0v) is 19.2. The first-order chi connectivity index (χ1) is 14.9. The Morgan fingerprint density at radius 3 is 2.44 bits per heavy atom. The molecule has 3 rings (SSSR count). The number of nitrogens with zero attached hydrogens (tertiary/aromatic N) is 2. The van der Waals surface area contributed by atoms with Crippen molar-refractivity contribution in [2.45, 2.75) is 30.8 Å². The smallest absolute Gasteiger partial charge is 0.314 e. The quantitative estimate of drug-likeness (QED) is 0.554. The molecule has 0 fully saturated rings. The first-order valence-electron chi connectivity index (χ1n) is 9.66. The summed E-state index contributed by atoms with van der Waals surface area (Å²) in [5.74, 6) is -0.828. The maximum atomic E-state index is 13.9. The molecule has 0 bridgehead atoms. The Kier molecular flexibility index (Phi) is 6.73. The Balaban J connectivity index is 2.15. The third-order valence-electron chi connectivity index (χ3n) is 4.96. The van der Waals surface area contributed by atoms with Crippen LogP contribution in [0.3, 0.4) is 0 Å². The van der Waals surface area contributed by atoms with Gasteiger partial charge in [0.25, 0.3) is 0 Å². The fraction of sp³-hybridized carbons (Fsp3) is 0.273. The molecule has 0 saturated heterocycles. The molecule has 170 valence electrons. The molecule has 0 aliphatic heterocycles. The van der Waals surface area contributed by atoms with Crippen LogP contribution in [-0.2, 0) is 9.84 Å². The van der Waals surface area contributed by atoms with Gasteiger partial charge in [0.05, 0.1) is 27.4 Å². The number of hydrogen-bond donors (Lipinski definition) is 1. The van der Waals surface area contributed by atoms with Gasteiger partial charge in [-0.25, -0.2) is 12.8 Å². The molecule has 1 atom stereocenters. The van der Waals surface area contributed by atoms with Crippen molar-refractivity contribution in [1.29, 1.82) is 0 Å². The van der Waals surface area contributed by atoms with Crippen LogP contribution in [0.5, 0.6) is 5.75 Å². The summed E-state index contributed by atoms with van der Waals surface area (Å²) in [6.45, 7) is 3.17. The molecule has 1 N–H and O–H groups in total. The number of aliphatic hydroxyl groups is 1. The minimum Gasteiger partial charge on any atom is -0.484 e. The summed E-state index contributed by atoms with van der Waals surface area (Å²) in [7, 11) is -3.40. The maximum Gasteiger partial charge on any atom is 0.314 e. The van der Waals surface area contributed by atoms with E-state index in [1.807, 2.05) is 0 Å². The van der Waals surface area contributed by atoms with Crippen molar-refractivity contribution < 1.29 is 22.7 Å². The van der Waals surface area contributed by atoms with Crippen LogP contribution in [0.15, 0.2) is 58.4 Å². The van der Waals surface area contributed by atoms with Crippen LogP contribution in [-0.4, -0.2) is 41.8 Å². The average Bonchev–Trinajstić information content (AvgIpc) is 2.74. The number of aromatic nitrogens is 2. The van der Waals surface area contributed by atoms with Crippen LogP contribution in [0.25, 0.3) is 16.8 Å². The van der Waals surface area contributed by atoms with Gasteiger partial charge in [0, 0.05) is 17.9 Å². The van der Waals surface area contributed by atoms with Gasteiger partial charge in [-0.3, -0.25) is 4.79 Å². The highest BCUT2D eigenvalue weighted by molar-refractivity contribution is 7.90. The van der Waals surface area contributed by atoms with E-state index in [0.717, 1.165) is 17.0 Å². The summed E-state index contributed by atoms with van der Waals surface area (Å²) in [4.78, 5) is 13.4. The Hall–Kier alpha value is -2.75. The minimum absolute atomic E-state index is 0.0974. The van der Waals surface area contributed by atoms with Crippen molar-refractivity contribution in [2.75, 3.05) is 12.9 Å². The van der Waals surface area contributed by atoms with Gasteiger partial charge in [0.2, 0.25) is 0 Å². The number of ether oxygens (including phenoxy) is 1. The highest BCUT2D eigenvalue weighted by atomic mass is 35.5. The van der Waals surface area contributed by atoms with Gasteiger partial charge in [0.15, 0.2) is 15.6 Å². The highest BCUT2D eigenvalue weighted by Gasteiger charge is 2.23. The van der Waals surface area contributed by atoms with Gasteiger partial charge in [-0.05, 0) is 43.2 Å². The summed E-state index contributed by atoms with van der Waals surface area (Å²) >= 11 is 5.73. The number of sulfone groups is 1. The molecule has 7 nitrogen and oxygen atoms in total. The first kappa shape index (κ1) is 23.9. The van der Waals surface area contributed by atoms with Gasteiger partial charge in [0.1, 0.15) is 12.4 Å². The molecule has 0 aliphatic carbocycles. The van der Waals surface area contributed by atoms with Gasteiger partial charge in [-0.1, -0.05) is 30.7 Å². The van der Waals surface area contributed by atoms with Gasteiger partial charge in [-0.15, -0.1) is 0 Å². The zero-order chi connectivity index (χ0) is 23.7. The molecule has 0 radical (unpaired) electrons. The lowest BCUT2D eigenvalue weighted by atomic mass is 10.1. The van der Waals surface area contributed by atoms with E-state index in [-0.39, 0.29) is 28.0 Å². The molecule has 2 aromatic carbocycles. The van der Waals surface area contributed by atoms with Crippen LogP contribution in [0.4, 0.5) is 4.39 Å². The second kappa shape index (κ2) is 9.01. The van der Waals surface area contributed by atoms with E-state index in [4.69, 9.17) is 16.3 Å². The van der Waals surface area contributed by atoms with Gasteiger partial charge in [-0.2, -0.15) is 9.78 Å². The molecule has 0 spiro atoms. The average molecular weight is 481 g/mol. The molecule has 10 heteroatoms. The van der Waals surface area contributed by atoms with E-state index in [0.29, 0.717) is 17.5 Å². The summed E-state index contributed by atoms with van der Waals surface area (Å²) in [6, 6.07) is 9.71. The van der Waals surface area contributed by atoms with Crippen molar-refractivity contribution in [1.82, 2.24) is 9.78 Å². The molecule has 32 heavy (non-hydrogen) atoms. The van der Waals surface area contributed by atoms with Crippen molar-refractivity contribution >= 4 is 21.4 Å². The lowest BCUT2D eigenvalue weighted by molar-refractivity contribution is 0.00806. The van der Waals surface area contributed by atoms with Crippen LogP contribution in [0, 0.1) is 5.82 Å². The fourth-order valence-corrected chi connectivity index (χ4v) is 3.54. The predicted octanol–water partition coefficient (Wildman–Crippen LogP) is 3.64. The lowest BCUT2D eigenvalue weighted by Gasteiger charge is -2.22. The number of hydrogen-bond acceptors (Lipinski definition) is 6. The van der Waals surface area contributed by atoms with E-state index < -0.39 is 26.8 Å². The minimum atomic E-state index is -3.40. The Morgan fingerprint density at radius 2 is 1.88 bits per heavy atom. The predicted molar refractivity (Wildman–Crippen MR) is 120 cm³/mol. The van der Waals surface area contributed by atoms with E-state index in [9.17, 15) is 22.7 Å². The summed E-state index contributed by atoms with van der Waals surface area (Å²) in [6.07, 6.45) is 2.84. The molecule has 0 saturated carbocycles. The van der Waals surface area contributed by atoms with Crippen LogP contribution >= 0.6 is 11.6 Å². The summed E-state index contributed by atoms with van der Waals surface area (Å²) < 4.78 is 44.1. The monoisotopic (exact) mass is 480 g/mol. The molecular weight excluding hydrogens is 459 g/mol. The van der Waals surface area contributed by atoms with E-state index >= 15 is 0 Å². The SMILES string of the molecule is CC[C@@](C)(O)COc1c(-c2ccc(S(C)(=O)=O)cc2)cnn(-c2ccc(Cl)c(F)c2)c1=O. The lowest BCUT2D eigenvalue weighted by Crippen LogP contribution is -2.33. The third kappa shape index (κ3) is 5.17. The standard InChI is InChI=1S/C22H22ClFN2O5S/c1-4-22(2,28)13-31-20-17(14-5-8-16(9-6-14)32(3,29)30)12-25-26(21(20)27)15-7-10-18(23)19(24)11-15/h5-12,28H,4,13H2,1-3H3/t22-/m1/s1. The Bertz CT molecular complexity index is 1300. The van der Waals surface area contributed by atoms with Crippen LogP contribution in [0.1, 0.15) is 20.3 Å². The van der Waals surface area contributed by atoms with Crippen LogP contribution < -0.4 is 10.3 Å².